The maximum Gasteiger partial charge on any atom is 0.326 e. The Balaban J connectivity index is 1.20. The molecule has 0 spiro atoms. The summed E-state index contributed by atoms with van der Waals surface area (Å²) in [5, 5.41) is 24.0. The Morgan fingerprint density at radius 1 is 0.952 bits per heavy atom. The van der Waals surface area contributed by atoms with Crippen molar-refractivity contribution in [2.75, 3.05) is 23.4 Å². The van der Waals surface area contributed by atoms with E-state index in [2.05, 4.69) is 10.2 Å². The number of rotatable bonds is 12. The number of hydrogen-bond acceptors (Lipinski definition) is 7. The summed E-state index contributed by atoms with van der Waals surface area (Å²) < 4.78 is 6.07. The molecule has 0 aliphatic carbocycles. The number of ether oxygens (including phenoxy) is 1. The molecule has 4 aromatic rings. The molecule has 9 nitrogen and oxygen atoms in total. The molecule has 214 valence electrons. The molecule has 2 atom stereocenters. The number of aliphatic carboxylic acids is 1. The highest BCUT2D eigenvalue weighted by molar-refractivity contribution is 6.12. The van der Waals surface area contributed by atoms with E-state index >= 15 is 0 Å². The van der Waals surface area contributed by atoms with Gasteiger partial charge in [-0.15, -0.1) is 0 Å². The summed E-state index contributed by atoms with van der Waals surface area (Å²) in [6.45, 7) is 1.32. The molecule has 0 radical (unpaired) electrons. The second-order valence-electron chi connectivity index (χ2n) is 10.2. The van der Waals surface area contributed by atoms with Gasteiger partial charge < -0.3 is 20.1 Å². The number of non-ortho nitro benzene ring substituents is 1. The molecule has 0 bridgehead atoms. The fraction of sp³-hybridized carbons (Fsp3) is 0.212. The van der Waals surface area contributed by atoms with Crippen molar-refractivity contribution in [3.05, 3.63) is 130 Å². The third kappa shape index (κ3) is 6.75. The van der Waals surface area contributed by atoms with E-state index < -0.39 is 16.9 Å². The number of nitrogens with one attached hydrogen (secondary N) is 1. The lowest BCUT2D eigenvalue weighted by molar-refractivity contribution is -0.384. The summed E-state index contributed by atoms with van der Waals surface area (Å²) in [7, 11) is 0. The van der Waals surface area contributed by atoms with E-state index in [1.54, 1.807) is 60.7 Å². The lowest BCUT2D eigenvalue weighted by Crippen LogP contribution is -2.34. The van der Waals surface area contributed by atoms with Gasteiger partial charge in [-0.1, -0.05) is 54.6 Å². The number of para-hydroxylation sites is 1. The normalized spacial score (nSPS) is 15.1. The Hall–Kier alpha value is -5.18. The van der Waals surface area contributed by atoms with Crippen LogP contribution in [0.25, 0.3) is 0 Å². The Kier molecular flexibility index (Phi) is 8.77. The number of hydrogen-bond donors (Lipinski definition) is 2. The summed E-state index contributed by atoms with van der Waals surface area (Å²) in [5.74, 6) is -0.531. The quantitative estimate of drug-likeness (QED) is 0.122. The van der Waals surface area contributed by atoms with Gasteiger partial charge >= 0.3 is 5.97 Å². The van der Waals surface area contributed by atoms with Crippen LogP contribution in [0.2, 0.25) is 0 Å². The Morgan fingerprint density at radius 3 is 2.33 bits per heavy atom. The topological polar surface area (TPSA) is 122 Å². The lowest BCUT2D eigenvalue weighted by Gasteiger charge is -2.26. The van der Waals surface area contributed by atoms with E-state index in [4.69, 9.17) is 4.74 Å². The van der Waals surface area contributed by atoms with Gasteiger partial charge in [0, 0.05) is 47.6 Å². The van der Waals surface area contributed by atoms with Crippen LogP contribution in [-0.4, -0.2) is 47.0 Å². The van der Waals surface area contributed by atoms with Crippen LogP contribution in [0.5, 0.6) is 5.75 Å². The molecule has 0 saturated carbocycles. The number of ketones is 1. The molecular weight excluding hydrogens is 534 g/mol. The summed E-state index contributed by atoms with van der Waals surface area (Å²) >= 11 is 0. The Bertz CT molecular complexity index is 1540. The highest BCUT2D eigenvalue weighted by Gasteiger charge is 2.26. The van der Waals surface area contributed by atoms with E-state index in [1.807, 2.05) is 30.3 Å². The molecule has 1 aliphatic rings. The predicted octanol–water partition coefficient (Wildman–Crippen LogP) is 5.98. The molecule has 2 unspecified atom stereocenters. The number of benzene rings is 4. The predicted molar refractivity (Wildman–Crippen MR) is 160 cm³/mol. The average molecular weight is 566 g/mol. The number of carboxylic acid groups (broad SMARTS) is 1. The van der Waals surface area contributed by atoms with Crippen LogP contribution in [-0.2, 0) is 11.2 Å². The summed E-state index contributed by atoms with van der Waals surface area (Å²) in [5.41, 5.74) is 3.21. The van der Waals surface area contributed by atoms with Gasteiger partial charge in [0.25, 0.3) is 5.69 Å². The van der Waals surface area contributed by atoms with Crippen molar-refractivity contribution in [2.24, 2.45) is 0 Å². The van der Waals surface area contributed by atoms with Crippen LogP contribution < -0.4 is 15.0 Å². The minimum atomic E-state index is -1.02. The first-order valence-electron chi connectivity index (χ1n) is 13.8. The van der Waals surface area contributed by atoms with Crippen molar-refractivity contribution in [1.29, 1.82) is 0 Å². The van der Waals surface area contributed by atoms with E-state index in [9.17, 15) is 24.8 Å². The average Bonchev–Trinajstić information content (AvgIpc) is 3.49. The zero-order valence-electron chi connectivity index (χ0n) is 22.9. The zero-order valence-corrected chi connectivity index (χ0v) is 22.9. The monoisotopic (exact) mass is 565 g/mol. The SMILES string of the molecule is O=C(c1ccccc1)c1ccccc1NC(Cc1ccc(OCC2CCCN2c2ccc([N+](=O)[O-])cc2)cc1)C(=O)O. The molecule has 1 fully saturated rings. The zero-order chi connectivity index (χ0) is 29.5. The summed E-state index contributed by atoms with van der Waals surface area (Å²) in [6.07, 6.45) is 2.17. The van der Waals surface area contributed by atoms with Gasteiger partial charge in [0.05, 0.1) is 11.0 Å². The number of nitrogens with zero attached hydrogens (tertiary/aromatic N) is 2. The van der Waals surface area contributed by atoms with Crippen molar-refractivity contribution in [1.82, 2.24) is 0 Å². The third-order valence-electron chi connectivity index (χ3n) is 7.41. The smallest absolute Gasteiger partial charge is 0.326 e. The number of anilines is 2. The van der Waals surface area contributed by atoms with Gasteiger partial charge in [0.2, 0.25) is 0 Å². The highest BCUT2D eigenvalue weighted by Crippen LogP contribution is 2.28. The van der Waals surface area contributed by atoms with Crippen LogP contribution in [0.4, 0.5) is 17.1 Å². The molecule has 1 saturated heterocycles. The van der Waals surface area contributed by atoms with E-state index in [0.29, 0.717) is 29.2 Å². The molecule has 1 heterocycles. The fourth-order valence-corrected chi connectivity index (χ4v) is 5.20. The van der Waals surface area contributed by atoms with Gasteiger partial charge in [-0.25, -0.2) is 4.79 Å². The largest absolute Gasteiger partial charge is 0.491 e. The van der Waals surface area contributed by atoms with Gasteiger partial charge in [-0.2, -0.15) is 0 Å². The number of carboxylic acids is 1. The second kappa shape index (κ2) is 13.0. The number of carbonyl (C=O) groups excluding carboxylic acids is 1. The van der Waals surface area contributed by atoms with Crippen LogP contribution >= 0.6 is 0 Å². The number of carbonyl (C=O) groups is 2. The van der Waals surface area contributed by atoms with Gasteiger partial charge in [-0.3, -0.25) is 14.9 Å². The van der Waals surface area contributed by atoms with Crippen molar-refractivity contribution in [2.45, 2.75) is 31.3 Å². The second-order valence-corrected chi connectivity index (χ2v) is 10.2. The molecule has 2 N–H and O–H groups in total. The Labute approximate surface area is 243 Å². The first-order chi connectivity index (χ1) is 20.4. The Morgan fingerprint density at radius 2 is 1.64 bits per heavy atom. The minimum absolute atomic E-state index is 0.0658. The molecule has 4 aromatic carbocycles. The molecule has 0 aromatic heterocycles. The number of nitro benzene ring substituents is 1. The molecule has 42 heavy (non-hydrogen) atoms. The minimum Gasteiger partial charge on any atom is -0.491 e. The maximum atomic E-state index is 13.1. The maximum absolute atomic E-state index is 13.1. The van der Waals surface area contributed by atoms with E-state index in [1.165, 1.54) is 12.1 Å². The van der Waals surface area contributed by atoms with Crippen LogP contribution in [0.15, 0.2) is 103 Å². The van der Waals surface area contributed by atoms with E-state index in [0.717, 1.165) is 30.6 Å². The van der Waals surface area contributed by atoms with Crippen LogP contribution in [0.1, 0.15) is 34.3 Å². The van der Waals surface area contributed by atoms with Gasteiger partial charge in [0.1, 0.15) is 18.4 Å². The molecular formula is C33H31N3O6. The van der Waals surface area contributed by atoms with E-state index in [-0.39, 0.29) is 23.9 Å². The van der Waals surface area contributed by atoms with Crippen molar-refractivity contribution < 1.29 is 24.4 Å². The lowest BCUT2D eigenvalue weighted by atomic mass is 10.00. The molecule has 5 rings (SSSR count). The highest BCUT2D eigenvalue weighted by atomic mass is 16.6. The number of nitro groups is 1. The van der Waals surface area contributed by atoms with Gasteiger partial charge in [0.15, 0.2) is 5.78 Å². The fourth-order valence-electron chi connectivity index (χ4n) is 5.20. The van der Waals surface area contributed by atoms with Crippen molar-refractivity contribution in [3.63, 3.8) is 0 Å². The van der Waals surface area contributed by atoms with Gasteiger partial charge in [-0.05, 0) is 54.8 Å². The van der Waals surface area contributed by atoms with Crippen LogP contribution in [0.3, 0.4) is 0 Å². The molecule has 0 amide bonds. The summed E-state index contributed by atoms with van der Waals surface area (Å²) in [6, 6.07) is 28.9. The first kappa shape index (κ1) is 28.4. The molecule has 9 heteroatoms. The van der Waals surface area contributed by atoms with Crippen molar-refractivity contribution in [3.8, 4) is 5.75 Å². The van der Waals surface area contributed by atoms with Crippen molar-refractivity contribution >= 4 is 28.8 Å². The summed E-state index contributed by atoms with van der Waals surface area (Å²) in [4.78, 5) is 38.0. The first-order valence-corrected chi connectivity index (χ1v) is 13.8. The molecule has 1 aliphatic heterocycles. The third-order valence-corrected chi connectivity index (χ3v) is 7.41. The van der Waals surface area contributed by atoms with Crippen LogP contribution in [0, 0.1) is 10.1 Å². The standard InChI is InChI=1S/C33H31N3O6/c37-32(24-7-2-1-3-8-24)29-10-4-5-11-30(29)34-31(33(38)39)21-23-12-18-28(19-13-23)42-22-27-9-6-20-35(27)25-14-16-26(17-15-25)36(40)41/h1-5,7-8,10-19,27,31,34H,6,9,20-22H2,(H,38,39).